The van der Waals surface area contributed by atoms with Crippen molar-refractivity contribution in [3.63, 3.8) is 0 Å². The van der Waals surface area contributed by atoms with Crippen molar-refractivity contribution in [3.05, 3.63) is 59.4 Å². The Morgan fingerprint density at radius 2 is 1.67 bits per heavy atom. The summed E-state index contributed by atoms with van der Waals surface area (Å²) >= 11 is 0. The second-order valence-corrected chi connectivity index (χ2v) is 5.44. The number of anilines is 2. The minimum Gasteiger partial charge on any atom is -0.343 e. The fourth-order valence-corrected chi connectivity index (χ4v) is 2.07. The standard InChI is InChI=1S/C18H16F3N3O3/c1-2-14(25)23-11-5-3-4-10(8-11)18(27)22-9-15(26)24-13-7-6-12(19)16(20)17(13)21/h3-8H,2,9H2,1H3,(H,22,27)(H,23,25)(H,24,26). The summed E-state index contributed by atoms with van der Waals surface area (Å²) in [7, 11) is 0. The molecule has 0 heterocycles. The number of benzene rings is 2. The van der Waals surface area contributed by atoms with Crippen LogP contribution in [0.2, 0.25) is 0 Å². The minimum atomic E-state index is -1.71. The van der Waals surface area contributed by atoms with Gasteiger partial charge in [0.25, 0.3) is 5.91 Å². The molecule has 2 rings (SSSR count). The highest BCUT2D eigenvalue weighted by Crippen LogP contribution is 2.19. The molecule has 3 amide bonds. The molecule has 142 valence electrons. The van der Waals surface area contributed by atoms with E-state index in [1.165, 1.54) is 12.1 Å². The lowest BCUT2D eigenvalue weighted by Crippen LogP contribution is -2.33. The third-order valence-electron chi connectivity index (χ3n) is 3.45. The lowest BCUT2D eigenvalue weighted by Gasteiger charge is -2.09. The van der Waals surface area contributed by atoms with Crippen molar-refractivity contribution in [2.24, 2.45) is 0 Å². The fraction of sp³-hybridized carbons (Fsp3) is 0.167. The molecule has 0 atom stereocenters. The molecule has 0 spiro atoms. The number of hydrogen-bond donors (Lipinski definition) is 3. The summed E-state index contributed by atoms with van der Waals surface area (Å²) in [6.07, 6.45) is 0.275. The summed E-state index contributed by atoms with van der Waals surface area (Å²) in [6.45, 7) is 1.16. The van der Waals surface area contributed by atoms with E-state index in [1.54, 1.807) is 19.1 Å². The quantitative estimate of drug-likeness (QED) is 0.675. The van der Waals surface area contributed by atoms with Gasteiger partial charge in [-0.3, -0.25) is 14.4 Å². The van der Waals surface area contributed by atoms with Gasteiger partial charge in [-0.25, -0.2) is 13.2 Å². The van der Waals surface area contributed by atoms with Gasteiger partial charge >= 0.3 is 0 Å². The van der Waals surface area contributed by atoms with Crippen molar-refractivity contribution in [2.45, 2.75) is 13.3 Å². The molecule has 9 heteroatoms. The lowest BCUT2D eigenvalue weighted by atomic mass is 10.2. The van der Waals surface area contributed by atoms with Gasteiger partial charge in [0.15, 0.2) is 17.5 Å². The summed E-state index contributed by atoms with van der Waals surface area (Å²) in [5, 5.41) is 6.94. The molecular weight excluding hydrogens is 363 g/mol. The highest BCUT2D eigenvalue weighted by Gasteiger charge is 2.16. The van der Waals surface area contributed by atoms with Crippen molar-refractivity contribution >= 4 is 29.1 Å². The Morgan fingerprint density at radius 3 is 2.37 bits per heavy atom. The predicted molar refractivity (Wildman–Crippen MR) is 92.6 cm³/mol. The monoisotopic (exact) mass is 379 g/mol. The first-order valence-corrected chi connectivity index (χ1v) is 7.93. The van der Waals surface area contributed by atoms with E-state index in [-0.39, 0.29) is 17.9 Å². The third kappa shape index (κ3) is 5.30. The number of hydrogen-bond acceptors (Lipinski definition) is 3. The van der Waals surface area contributed by atoms with Crippen molar-refractivity contribution in [3.8, 4) is 0 Å². The first kappa shape index (κ1) is 20.0. The smallest absolute Gasteiger partial charge is 0.251 e. The van der Waals surface area contributed by atoms with E-state index in [9.17, 15) is 27.6 Å². The van der Waals surface area contributed by atoms with E-state index in [2.05, 4.69) is 10.6 Å². The molecule has 2 aromatic carbocycles. The minimum absolute atomic E-state index is 0.190. The van der Waals surface area contributed by atoms with Gasteiger partial charge in [0.1, 0.15) is 0 Å². The topological polar surface area (TPSA) is 87.3 Å². The molecule has 0 radical (unpaired) electrons. The fourth-order valence-electron chi connectivity index (χ4n) is 2.07. The molecule has 0 fully saturated rings. The van der Waals surface area contributed by atoms with Crippen molar-refractivity contribution in [1.82, 2.24) is 5.32 Å². The highest BCUT2D eigenvalue weighted by atomic mass is 19.2. The van der Waals surface area contributed by atoms with Gasteiger partial charge in [0.2, 0.25) is 11.8 Å². The van der Waals surface area contributed by atoms with Gasteiger partial charge in [-0.05, 0) is 30.3 Å². The van der Waals surface area contributed by atoms with E-state index in [1.807, 2.05) is 5.32 Å². The average molecular weight is 379 g/mol. The zero-order valence-corrected chi connectivity index (χ0v) is 14.2. The Hall–Kier alpha value is -3.36. The Kier molecular flexibility index (Phi) is 6.53. The summed E-state index contributed by atoms with van der Waals surface area (Å²) in [5.41, 5.74) is 0.0657. The summed E-state index contributed by atoms with van der Waals surface area (Å²) in [5.74, 6) is -6.28. The summed E-state index contributed by atoms with van der Waals surface area (Å²) < 4.78 is 39.5. The largest absolute Gasteiger partial charge is 0.343 e. The van der Waals surface area contributed by atoms with Crippen LogP contribution < -0.4 is 16.0 Å². The SMILES string of the molecule is CCC(=O)Nc1cccc(C(=O)NCC(=O)Nc2ccc(F)c(F)c2F)c1. The van der Waals surface area contributed by atoms with Crippen LogP contribution in [0, 0.1) is 17.5 Å². The molecule has 3 N–H and O–H groups in total. The van der Waals surface area contributed by atoms with Crippen molar-refractivity contribution < 1.29 is 27.6 Å². The second kappa shape index (κ2) is 8.84. The van der Waals surface area contributed by atoms with Crippen LogP contribution in [-0.2, 0) is 9.59 Å². The van der Waals surface area contributed by atoms with Gasteiger partial charge < -0.3 is 16.0 Å². The number of amides is 3. The Balaban J connectivity index is 1.95. The van der Waals surface area contributed by atoms with Crippen LogP contribution in [0.5, 0.6) is 0 Å². The molecule has 6 nitrogen and oxygen atoms in total. The number of carbonyl (C=O) groups is 3. The van der Waals surface area contributed by atoms with Crippen LogP contribution in [0.15, 0.2) is 36.4 Å². The molecule has 2 aromatic rings. The third-order valence-corrected chi connectivity index (χ3v) is 3.45. The number of rotatable bonds is 6. The molecular formula is C18H16F3N3O3. The molecule has 0 saturated carbocycles. The second-order valence-electron chi connectivity index (χ2n) is 5.44. The zero-order valence-electron chi connectivity index (χ0n) is 14.2. The Morgan fingerprint density at radius 1 is 0.926 bits per heavy atom. The van der Waals surface area contributed by atoms with E-state index in [0.717, 1.165) is 6.07 Å². The predicted octanol–water partition coefficient (Wildman–Crippen LogP) is 2.82. The molecule has 0 saturated heterocycles. The molecule has 0 aromatic heterocycles. The maximum absolute atomic E-state index is 13.5. The van der Waals surface area contributed by atoms with Crippen LogP contribution in [0.1, 0.15) is 23.7 Å². The first-order chi connectivity index (χ1) is 12.8. The summed E-state index contributed by atoms with van der Waals surface area (Å²) in [6, 6.07) is 7.59. The van der Waals surface area contributed by atoms with E-state index < -0.39 is 41.5 Å². The Labute approximate surface area is 152 Å². The molecule has 0 bridgehead atoms. The number of nitrogens with one attached hydrogen (secondary N) is 3. The van der Waals surface area contributed by atoms with Gasteiger partial charge in [-0.1, -0.05) is 13.0 Å². The van der Waals surface area contributed by atoms with Crippen molar-refractivity contribution in [2.75, 3.05) is 17.2 Å². The maximum atomic E-state index is 13.5. The van der Waals surface area contributed by atoms with Crippen LogP contribution in [0.4, 0.5) is 24.5 Å². The van der Waals surface area contributed by atoms with Crippen LogP contribution >= 0.6 is 0 Å². The van der Waals surface area contributed by atoms with Gasteiger partial charge in [0.05, 0.1) is 12.2 Å². The van der Waals surface area contributed by atoms with Crippen LogP contribution in [-0.4, -0.2) is 24.3 Å². The number of carbonyl (C=O) groups excluding carboxylic acids is 3. The lowest BCUT2D eigenvalue weighted by molar-refractivity contribution is -0.116. The molecule has 0 unspecified atom stereocenters. The summed E-state index contributed by atoms with van der Waals surface area (Å²) in [4.78, 5) is 35.2. The highest BCUT2D eigenvalue weighted by molar-refractivity contribution is 6.00. The number of halogens is 3. The zero-order chi connectivity index (χ0) is 20.0. The van der Waals surface area contributed by atoms with Crippen LogP contribution in [0.3, 0.4) is 0 Å². The molecule has 27 heavy (non-hydrogen) atoms. The normalized spacial score (nSPS) is 10.2. The van der Waals surface area contributed by atoms with Crippen LogP contribution in [0.25, 0.3) is 0 Å². The molecule has 0 aliphatic heterocycles. The van der Waals surface area contributed by atoms with E-state index >= 15 is 0 Å². The van der Waals surface area contributed by atoms with E-state index in [4.69, 9.17) is 0 Å². The molecule has 0 aliphatic rings. The van der Waals surface area contributed by atoms with Crippen molar-refractivity contribution in [1.29, 1.82) is 0 Å². The molecule has 0 aliphatic carbocycles. The van der Waals surface area contributed by atoms with E-state index in [0.29, 0.717) is 11.8 Å². The Bertz CT molecular complexity index is 887. The average Bonchev–Trinajstić information content (AvgIpc) is 2.66. The maximum Gasteiger partial charge on any atom is 0.251 e. The van der Waals surface area contributed by atoms with Gasteiger partial charge in [0, 0.05) is 17.7 Å². The first-order valence-electron chi connectivity index (χ1n) is 7.93. The van der Waals surface area contributed by atoms with Gasteiger partial charge in [-0.15, -0.1) is 0 Å². The van der Waals surface area contributed by atoms with Gasteiger partial charge in [-0.2, -0.15) is 0 Å².